The van der Waals surface area contributed by atoms with E-state index in [2.05, 4.69) is 11.6 Å². The zero-order valence-corrected chi connectivity index (χ0v) is 4.90. The normalized spacial score (nSPS) is 11.7. The Labute approximate surface area is 43.8 Å². The molecule has 0 aromatic rings. The van der Waals surface area contributed by atoms with Crippen molar-refractivity contribution >= 4 is 10.0 Å². The second-order valence-corrected chi connectivity index (χ2v) is 2.81. The first kappa shape index (κ1) is 6.91. The first-order chi connectivity index (χ1) is 3.06. The third-order valence-electron chi connectivity index (χ3n) is 0.326. The van der Waals surface area contributed by atoms with E-state index in [1.807, 2.05) is 0 Å². The summed E-state index contributed by atoms with van der Waals surface area (Å²) in [4.78, 5) is 0. The average molecular weight is 121 g/mol. The molecule has 0 rings (SSSR count). The third-order valence-corrected chi connectivity index (χ3v) is 0.977. The molecule has 2 radical (unpaired) electrons. The van der Waals surface area contributed by atoms with Gasteiger partial charge >= 0.3 is 0 Å². The Morgan fingerprint density at radius 3 is 2.14 bits per heavy atom. The van der Waals surface area contributed by atoms with E-state index in [0.29, 0.717) is 0 Å². The first-order valence-corrected chi connectivity index (χ1v) is 3.59. The summed E-state index contributed by atoms with van der Waals surface area (Å²) in [5.41, 5.74) is 0. The molecule has 0 saturated carbocycles. The highest BCUT2D eigenvalue weighted by molar-refractivity contribution is 7.88. The van der Waals surface area contributed by atoms with E-state index in [4.69, 9.17) is 0 Å². The predicted octanol–water partition coefficient (Wildman–Crippen LogP) is -0.616. The molecule has 0 unspecified atom stereocenters. The van der Waals surface area contributed by atoms with Crippen molar-refractivity contribution < 1.29 is 8.42 Å². The van der Waals surface area contributed by atoms with E-state index in [1.54, 1.807) is 0 Å². The minimum atomic E-state index is -3.11. The van der Waals surface area contributed by atoms with Gasteiger partial charge in [0.2, 0.25) is 10.0 Å². The maximum Gasteiger partial charge on any atom is 0.224 e. The summed E-state index contributed by atoms with van der Waals surface area (Å²) < 4.78 is 23.2. The van der Waals surface area contributed by atoms with Gasteiger partial charge in [0.05, 0.1) is 6.26 Å². The molecule has 3 nitrogen and oxygen atoms in total. The van der Waals surface area contributed by atoms with Crippen LogP contribution in [0.4, 0.5) is 0 Å². The van der Waals surface area contributed by atoms with Gasteiger partial charge in [0, 0.05) is 6.54 Å². The molecule has 0 atom stereocenters. The summed E-state index contributed by atoms with van der Waals surface area (Å²) in [6, 6.07) is 0. The summed E-state index contributed by atoms with van der Waals surface area (Å²) >= 11 is 0. The Hall–Kier alpha value is -0.0900. The van der Waals surface area contributed by atoms with Crippen LogP contribution in [0.5, 0.6) is 0 Å². The Balaban J connectivity index is 3.60. The average Bonchev–Trinajstić information content (AvgIpc) is 1.30. The van der Waals surface area contributed by atoms with Crippen molar-refractivity contribution in [3.05, 3.63) is 6.92 Å². The van der Waals surface area contributed by atoms with Crippen LogP contribution < -0.4 is 4.72 Å². The molecule has 4 heteroatoms. The molecule has 0 saturated heterocycles. The molecule has 7 heavy (non-hydrogen) atoms. The molecule has 0 heterocycles. The maximum absolute atomic E-state index is 10.0. The molecule has 0 aliphatic rings. The van der Waals surface area contributed by atoms with Gasteiger partial charge in [0.15, 0.2) is 0 Å². The molecule has 0 aliphatic heterocycles. The largest absolute Gasteiger partial charge is 0.224 e. The quantitative estimate of drug-likeness (QED) is 0.489. The highest BCUT2D eigenvalue weighted by atomic mass is 32.2. The number of sulfonamides is 1. The van der Waals surface area contributed by atoms with Crippen LogP contribution in [-0.4, -0.2) is 21.2 Å². The summed E-state index contributed by atoms with van der Waals surface area (Å²) in [6.45, 7) is 3.32. The molecule has 0 bridgehead atoms. The summed E-state index contributed by atoms with van der Waals surface area (Å²) in [6.07, 6.45) is 1.04. The highest BCUT2D eigenvalue weighted by Crippen LogP contribution is 1.71. The summed E-state index contributed by atoms with van der Waals surface area (Å²) in [5.74, 6) is 0. The Bertz CT molecular complexity index is 126. The summed E-state index contributed by atoms with van der Waals surface area (Å²) in [5, 5.41) is 0. The fourth-order valence-corrected chi connectivity index (χ4v) is 0.497. The van der Waals surface area contributed by atoms with Crippen LogP contribution in [0, 0.1) is 6.92 Å². The molecular formula is C3H7NO2S. The van der Waals surface area contributed by atoms with E-state index in [-0.39, 0.29) is 6.54 Å². The lowest BCUT2D eigenvalue weighted by molar-refractivity contribution is 0.590. The molecule has 0 aromatic carbocycles. The molecule has 42 valence electrons. The Morgan fingerprint density at radius 1 is 1.71 bits per heavy atom. The molecule has 0 spiro atoms. The van der Waals surface area contributed by atoms with Gasteiger partial charge in [-0.3, -0.25) is 0 Å². The standard InChI is InChI=1S/C3H7NO2S/c1-3-4-7(2,5)6/h1,3H2,2H3. The van der Waals surface area contributed by atoms with Gasteiger partial charge in [0.25, 0.3) is 0 Å². The molecule has 0 aliphatic carbocycles. The SMILES string of the molecule is [CH2]C[N]S(C)(=O)=O. The number of hydrogen-bond donors (Lipinski definition) is 0. The van der Waals surface area contributed by atoms with Crippen molar-refractivity contribution in [1.82, 2.24) is 4.72 Å². The molecule has 0 N–H and O–H groups in total. The second kappa shape index (κ2) is 2.28. The smallest absolute Gasteiger partial charge is 0.211 e. The van der Waals surface area contributed by atoms with Crippen molar-refractivity contribution in [2.75, 3.05) is 12.8 Å². The maximum atomic E-state index is 10.0. The zero-order chi connectivity index (χ0) is 5.91. The van der Waals surface area contributed by atoms with Gasteiger partial charge in [-0.15, -0.1) is 4.72 Å². The Morgan fingerprint density at radius 2 is 2.14 bits per heavy atom. The van der Waals surface area contributed by atoms with E-state index < -0.39 is 10.0 Å². The molecule has 0 fully saturated rings. The van der Waals surface area contributed by atoms with Gasteiger partial charge in [-0.05, 0) is 6.92 Å². The third kappa shape index (κ3) is 5.91. The predicted molar refractivity (Wildman–Crippen MR) is 27.2 cm³/mol. The monoisotopic (exact) mass is 121 g/mol. The molecule has 0 amide bonds. The molecular weight excluding hydrogens is 114 g/mol. The van der Waals surface area contributed by atoms with E-state index in [0.717, 1.165) is 6.26 Å². The van der Waals surface area contributed by atoms with Crippen molar-refractivity contribution in [3.8, 4) is 0 Å². The van der Waals surface area contributed by atoms with Crippen LogP contribution in [0.25, 0.3) is 0 Å². The first-order valence-electron chi connectivity index (χ1n) is 1.74. The lowest BCUT2D eigenvalue weighted by atomic mass is 10.8. The number of nitrogens with zero attached hydrogens (tertiary/aromatic N) is 1. The summed E-state index contributed by atoms with van der Waals surface area (Å²) in [7, 11) is -3.11. The lowest BCUT2D eigenvalue weighted by Gasteiger charge is -1.87. The van der Waals surface area contributed by atoms with Gasteiger partial charge in [-0.25, -0.2) is 8.42 Å². The van der Waals surface area contributed by atoms with Gasteiger partial charge in [-0.1, -0.05) is 0 Å². The van der Waals surface area contributed by atoms with Crippen molar-refractivity contribution in [1.29, 1.82) is 0 Å². The zero-order valence-electron chi connectivity index (χ0n) is 4.09. The van der Waals surface area contributed by atoms with Crippen LogP contribution >= 0.6 is 0 Å². The van der Waals surface area contributed by atoms with Crippen molar-refractivity contribution in [2.24, 2.45) is 0 Å². The van der Waals surface area contributed by atoms with Crippen LogP contribution in [-0.2, 0) is 10.0 Å². The minimum Gasteiger partial charge on any atom is -0.211 e. The van der Waals surface area contributed by atoms with Gasteiger partial charge in [-0.2, -0.15) is 0 Å². The second-order valence-electron chi connectivity index (χ2n) is 1.09. The van der Waals surface area contributed by atoms with Crippen molar-refractivity contribution in [2.45, 2.75) is 0 Å². The minimum absolute atomic E-state index is 0.0961. The van der Waals surface area contributed by atoms with Crippen LogP contribution in [0.2, 0.25) is 0 Å². The van der Waals surface area contributed by atoms with Gasteiger partial charge in [0.1, 0.15) is 0 Å². The van der Waals surface area contributed by atoms with E-state index in [1.165, 1.54) is 0 Å². The van der Waals surface area contributed by atoms with Crippen LogP contribution in [0.3, 0.4) is 0 Å². The fraction of sp³-hybridized carbons (Fsp3) is 0.667. The highest BCUT2D eigenvalue weighted by Gasteiger charge is 1.95. The Kier molecular flexibility index (Phi) is 2.25. The van der Waals surface area contributed by atoms with Crippen molar-refractivity contribution in [3.63, 3.8) is 0 Å². The number of hydrogen-bond acceptors (Lipinski definition) is 2. The van der Waals surface area contributed by atoms with E-state index >= 15 is 0 Å². The fourth-order valence-electron chi connectivity index (χ4n) is 0.166. The van der Waals surface area contributed by atoms with Crippen LogP contribution in [0.1, 0.15) is 0 Å². The van der Waals surface area contributed by atoms with E-state index in [9.17, 15) is 8.42 Å². The lowest BCUT2D eigenvalue weighted by Crippen LogP contribution is -2.12. The number of rotatable bonds is 2. The van der Waals surface area contributed by atoms with Gasteiger partial charge < -0.3 is 0 Å². The topological polar surface area (TPSA) is 48.2 Å². The molecule has 0 aromatic heterocycles. The van der Waals surface area contributed by atoms with Crippen LogP contribution in [0.15, 0.2) is 0 Å².